The first-order valence-electron chi connectivity index (χ1n) is 5.79. The van der Waals surface area contributed by atoms with E-state index in [0.717, 1.165) is 25.9 Å². The van der Waals surface area contributed by atoms with E-state index in [9.17, 15) is 4.79 Å². The predicted molar refractivity (Wildman–Crippen MR) is 62.7 cm³/mol. The maximum Gasteiger partial charge on any atom is 0.242 e. The number of carbonyl (C=O) groups excluding carboxylic acids is 1. The van der Waals surface area contributed by atoms with Crippen LogP contribution in [0.15, 0.2) is 12.7 Å². The molecule has 0 bridgehead atoms. The molecule has 1 amide bonds. The van der Waals surface area contributed by atoms with Crippen LogP contribution in [-0.4, -0.2) is 36.0 Å². The van der Waals surface area contributed by atoms with Crippen LogP contribution in [0.1, 0.15) is 33.1 Å². The molecule has 86 valence electrons. The molecule has 0 aliphatic carbocycles. The van der Waals surface area contributed by atoms with Gasteiger partial charge in [-0.15, -0.1) is 6.58 Å². The topological polar surface area (TPSA) is 32.3 Å². The second-order valence-electron chi connectivity index (χ2n) is 4.35. The molecule has 1 N–H and O–H groups in total. The molecule has 1 fully saturated rings. The van der Waals surface area contributed by atoms with Gasteiger partial charge >= 0.3 is 0 Å². The molecule has 0 spiro atoms. The van der Waals surface area contributed by atoms with Crippen LogP contribution in [-0.2, 0) is 4.79 Å². The Hall–Kier alpha value is -0.830. The number of nitrogens with zero attached hydrogens (tertiary/aromatic N) is 1. The van der Waals surface area contributed by atoms with Gasteiger partial charge in [-0.25, -0.2) is 0 Å². The quantitative estimate of drug-likeness (QED) is 0.714. The van der Waals surface area contributed by atoms with Crippen LogP contribution in [0.2, 0.25) is 0 Å². The van der Waals surface area contributed by atoms with Crippen molar-refractivity contribution in [3.63, 3.8) is 0 Å². The summed E-state index contributed by atoms with van der Waals surface area (Å²) in [6, 6.07) is 0. The van der Waals surface area contributed by atoms with Gasteiger partial charge in [-0.1, -0.05) is 6.08 Å². The molecule has 1 unspecified atom stereocenters. The molecule has 1 aliphatic rings. The Kier molecular flexibility index (Phi) is 4.33. The van der Waals surface area contributed by atoms with E-state index in [1.165, 1.54) is 6.42 Å². The summed E-state index contributed by atoms with van der Waals surface area (Å²) < 4.78 is 0. The Morgan fingerprint density at radius 2 is 2.33 bits per heavy atom. The van der Waals surface area contributed by atoms with Gasteiger partial charge in [0.15, 0.2) is 0 Å². The first-order valence-corrected chi connectivity index (χ1v) is 5.79. The van der Waals surface area contributed by atoms with Crippen molar-refractivity contribution in [2.45, 2.75) is 38.6 Å². The van der Waals surface area contributed by atoms with E-state index in [1.54, 1.807) is 6.08 Å². The third kappa shape index (κ3) is 2.81. The second-order valence-corrected chi connectivity index (χ2v) is 4.35. The lowest BCUT2D eigenvalue weighted by atomic mass is 9.89. The summed E-state index contributed by atoms with van der Waals surface area (Å²) in [6.45, 7) is 10.1. The lowest BCUT2D eigenvalue weighted by molar-refractivity contribution is -0.138. The summed E-state index contributed by atoms with van der Waals surface area (Å²) in [6.07, 6.45) is 5.05. The molecule has 1 rings (SSSR count). The first kappa shape index (κ1) is 12.2. The fourth-order valence-electron chi connectivity index (χ4n) is 2.10. The van der Waals surface area contributed by atoms with Crippen LogP contribution < -0.4 is 5.32 Å². The maximum absolute atomic E-state index is 12.3. The van der Waals surface area contributed by atoms with Gasteiger partial charge in [0.25, 0.3) is 0 Å². The number of piperidine rings is 1. The summed E-state index contributed by atoms with van der Waals surface area (Å²) in [5.41, 5.74) is -0.350. The standard InChI is InChI=1S/C12H22N2O/c1-4-10-14(5-2)11(15)12(3)8-6-7-9-13-12/h4,13H,1,5-10H2,2-3H3. The van der Waals surface area contributed by atoms with Crippen molar-refractivity contribution < 1.29 is 4.79 Å². The summed E-state index contributed by atoms with van der Waals surface area (Å²) in [5, 5.41) is 3.34. The van der Waals surface area contributed by atoms with E-state index in [-0.39, 0.29) is 11.4 Å². The van der Waals surface area contributed by atoms with Gasteiger partial charge in [-0.2, -0.15) is 0 Å². The monoisotopic (exact) mass is 210 g/mol. The highest BCUT2D eigenvalue weighted by Gasteiger charge is 2.36. The molecule has 1 atom stereocenters. The number of likely N-dealkylation sites (N-methyl/N-ethyl adjacent to an activating group) is 1. The van der Waals surface area contributed by atoms with Crippen LogP contribution in [0.3, 0.4) is 0 Å². The average Bonchev–Trinajstić information content (AvgIpc) is 2.26. The van der Waals surface area contributed by atoms with Gasteiger partial charge in [0.2, 0.25) is 5.91 Å². The molecule has 3 heteroatoms. The molecule has 0 aromatic heterocycles. The van der Waals surface area contributed by atoms with Gasteiger partial charge in [-0.3, -0.25) is 4.79 Å². The lowest BCUT2D eigenvalue weighted by Crippen LogP contribution is -2.58. The lowest BCUT2D eigenvalue weighted by Gasteiger charge is -2.37. The highest BCUT2D eigenvalue weighted by Crippen LogP contribution is 2.21. The molecular formula is C12H22N2O. The highest BCUT2D eigenvalue weighted by molar-refractivity contribution is 5.86. The molecule has 1 saturated heterocycles. The van der Waals surface area contributed by atoms with E-state index in [4.69, 9.17) is 0 Å². The summed E-state index contributed by atoms with van der Waals surface area (Å²) in [4.78, 5) is 14.1. The first-order chi connectivity index (χ1) is 7.14. The Morgan fingerprint density at radius 1 is 1.60 bits per heavy atom. The number of nitrogens with one attached hydrogen (secondary N) is 1. The second kappa shape index (κ2) is 5.31. The zero-order valence-electron chi connectivity index (χ0n) is 9.88. The Bertz CT molecular complexity index is 232. The normalized spacial score (nSPS) is 26.0. The molecule has 3 nitrogen and oxygen atoms in total. The third-order valence-corrected chi connectivity index (χ3v) is 3.11. The molecule has 1 aliphatic heterocycles. The van der Waals surface area contributed by atoms with Gasteiger partial charge < -0.3 is 10.2 Å². The minimum absolute atomic E-state index is 0.213. The number of rotatable bonds is 4. The molecule has 0 saturated carbocycles. The molecule has 1 heterocycles. The van der Waals surface area contributed by atoms with E-state index in [0.29, 0.717) is 6.54 Å². The van der Waals surface area contributed by atoms with Crippen molar-refractivity contribution in [3.05, 3.63) is 12.7 Å². The smallest absolute Gasteiger partial charge is 0.242 e. The predicted octanol–water partition coefficient (Wildman–Crippen LogP) is 1.55. The largest absolute Gasteiger partial charge is 0.338 e. The average molecular weight is 210 g/mol. The van der Waals surface area contributed by atoms with Crippen LogP contribution in [0.25, 0.3) is 0 Å². The van der Waals surface area contributed by atoms with Crippen molar-refractivity contribution in [2.24, 2.45) is 0 Å². The number of hydrogen-bond acceptors (Lipinski definition) is 2. The van der Waals surface area contributed by atoms with Crippen LogP contribution >= 0.6 is 0 Å². The molecule has 0 radical (unpaired) electrons. The number of carbonyl (C=O) groups is 1. The molecule has 15 heavy (non-hydrogen) atoms. The highest BCUT2D eigenvalue weighted by atomic mass is 16.2. The van der Waals surface area contributed by atoms with Crippen molar-refractivity contribution in [2.75, 3.05) is 19.6 Å². The fraction of sp³-hybridized carbons (Fsp3) is 0.750. The SMILES string of the molecule is C=CCN(CC)C(=O)C1(C)CCCCN1. The van der Waals surface area contributed by atoms with Crippen LogP contribution in [0, 0.1) is 0 Å². The van der Waals surface area contributed by atoms with Gasteiger partial charge in [0.1, 0.15) is 0 Å². The van der Waals surface area contributed by atoms with Crippen molar-refractivity contribution in [1.82, 2.24) is 10.2 Å². The van der Waals surface area contributed by atoms with Crippen molar-refractivity contribution >= 4 is 5.91 Å². The Labute approximate surface area is 92.5 Å². The van der Waals surface area contributed by atoms with E-state index in [1.807, 2.05) is 18.7 Å². The Morgan fingerprint density at radius 3 is 2.80 bits per heavy atom. The van der Waals surface area contributed by atoms with Crippen molar-refractivity contribution in [1.29, 1.82) is 0 Å². The molecular weight excluding hydrogens is 188 g/mol. The molecule has 0 aromatic rings. The van der Waals surface area contributed by atoms with E-state index < -0.39 is 0 Å². The molecule has 0 aromatic carbocycles. The van der Waals surface area contributed by atoms with E-state index in [2.05, 4.69) is 11.9 Å². The van der Waals surface area contributed by atoms with Crippen LogP contribution in [0.5, 0.6) is 0 Å². The van der Waals surface area contributed by atoms with Gasteiger partial charge in [0, 0.05) is 13.1 Å². The maximum atomic E-state index is 12.3. The van der Waals surface area contributed by atoms with Gasteiger partial charge in [0.05, 0.1) is 5.54 Å². The van der Waals surface area contributed by atoms with Gasteiger partial charge in [-0.05, 0) is 39.7 Å². The summed E-state index contributed by atoms with van der Waals surface area (Å²) >= 11 is 0. The number of amides is 1. The third-order valence-electron chi connectivity index (χ3n) is 3.11. The summed E-state index contributed by atoms with van der Waals surface area (Å²) in [5.74, 6) is 0.213. The zero-order valence-corrected chi connectivity index (χ0v) is 9.88. The number of hydrogen-bond donors (Lipinski definition) is 1. The minimum atomic E-state index is -0.350. The van der Waals surface area contributed by atoms with E-state index >= 15 is 0 Å². The fourth-order valence-corrected chi connectivity index (χ4v) is 2.10. The zero-order chi connectivity index (χ0) is 11.3. The summed E-state index contributed by atoms with van der Waals surface area (Å²) in [7, 11) is 0. The minimum Gasteiger partial charge on any atom is -0.338 e. The Balaban J connectivity index is 2.66. The van der Waals surface area contributed by atoms with Crippen molar-refractivity contribution in [3.8, 4) is 0 Å². The van der Waals surface area contributed by atoms with Crippen LogP contribution in [0.4, 0.5) is 0 Å².